The van der Waals surface area contributed by atoms with Crippen LogP contribution >= 0.6 is 0 Å². The Kier molecular flexibility index (Phi) is 3.92. The van der Waals surface area contributed by atoms with E-state index >= 15 is 0 Å². The number of allylic oxidation sites excluding steroid dienone is 1. The van der Waals surface area contributed by atoms with Gasteiger partial charge in [-0.05, 0) is 19.1 Å². The number of hydrogen-bond acceptors (Lipinski definition) is 5. The summed E-state index contributed by atoms with van der Waals surface area (Å²) in [5.74, 6) is -0.216. The van der Waals surface area contributed by atoms with Crippen LogP contribution in [0.2, 0.25) is 0 Å². The normalized spacial score (nSPS) is 10.8. The van der Waals surface area contributed by atoms with Crippen LogP contribution in [0.4, 0.5) is 0 Å². The van der Waals surface area contributed by atoms with Gasteiger partial charge in [-0.15, -0.1) is 0 Å². The van der Waals surface area contributed by atoms with E-state index in [1.54, 1.807) is 18.2 Å². The van der Waals surface area contributed by atoms with Crippen LogP contribution in [-0.2, 0) is 11.3 Å². The highest BCUT2D eigenvalue weighted by Crippen LogP contribution is 2.16. The molecule has 0 aliphatic carbocycles. The van der Waals surface area contributed by atoms with Crippen LogP contribution < -0.4 is 0 Å². The minimum absolute atomic E-state index is 0.199. The second-order valence-electron chi connectivity index (χ2n) is 3.67. The van der Waals surface area contributed by atoms with Crippen molar-refractivity contribution >= 4 is 5.97 Å². The summed E-state index contributed by atoms with van der Waals surface area (Å²) in [7, 11) is 0. The van der Waals surface area contributed by atoms with E-state index in [4.69, 9.17) is 14.4 Å². The Morgan fingerprint density at radius 1 is 1.42 bits per heavy atom. The van der Waals surface area contributed by atoms with E-state index in [2.05, 4.69) is 10.1 Å². The highest BCUT2D eigenvalue weighted by atomic mass is 16.5. The molecule has 98 valence electrons. The SMILES string of the molecule is C/C=C\OCc1nc(-c2ccc(C(=O)O)cc2)no1. The Labute approximate surface area is 109 Å². The molecule has 2 rings (SSSR count). The summed E-state index contributed by atoms with van der Waals surface area (Å²) in [6.45, 7) is 2.04. The Bertz CT molecular complexity index is 587. The number of benzene rings is 1. The van der Waals surface area contributed by atoms with Crippen molar-refractivity contribution in [2.45, 2.75) is 13.5 Å². The molecule has 0 atom stereocenters. The first-order chi connectivity index (χ1) is 9.20. The van der Waals surface area contributed by atoms with Crippen LogP contribution in [0.3, 0.4) is 0 Å². The lowest BCUT2D eigenvalue weighted by Gasteiger charge is -1.96. The molecule has 0 bridgehead atoms. The zero-order chi connectivity index (χ0) is 13.7. The number of nitrogens with zero attached hydrogens (tertiary/aromatic N) is 2. The number of aromatic nitrogens is 2. The van der Waals surface area contributed by atoms with Gasteiger partial charge in [0.15, 0.2) is 6.61 Å². The Morgan fingerprint density at radius 2 is 2.16 bits per heavy atom. The fourth-order valence-corrected chi connectivity index (χ4v) is 1.41. The van der Waals surface area contributed by atoms with E-state index in [0.717, 1.165) is 0 Å². The van der Waals surface area contributed by atoms with Crippen molar-refractivity contribution in [3.05, 3.63) is 48.1 Å². The minimum Gasteiger partial charge on any atom is -0.492 e. The van der Waals surface area contributed by atoms with Gasteiger partial charge in [0, 0.05) is 5.56 Å². The average Bonchev–Trinajstić information content (AvgIpc) is 2.88. The lowest BCUT2D eigenvalue weighted by molar-refractivity contribution is 0.0697. The summed E-state index contributed by atoms with van der Waals surface area (Å²) in [5.41, 5.74) is 0.898. The minimum atomic E-state index is -0.972. The second-order valence-corrected chi connectivity index (χ2v) is 3.67. The molecular formula is C13H12N2O4. The second kappa shape index (κ2) is 5.81. The molecule has 1 heterocycles. The number of carboxylic acid groups (broad SMARTS) is 1. The number of ether oxygens (including phenoxy) is 1. The maximum Gasteiger partial charge on any atom is 0.335 e. The van der Waals surface area contributed by atoms with Gasteiger partial charge in [-0.1, -0.05) is 23.4 Å². The molecule has 1 aromatic heterocycles. The zero-order valence-corrected chi connectivity index (χ0v) is 10.2. The molecule has 6 nitrogen and oxygen atoms in total. The third-order valence-electron chi connectivity index (χ3n) is 2.30. The molecule has 0 saturated heterocycles. The molecule has 2 aromatic rings. The van der Waals surface area contributed by atoms with Crippen LogP contribution in [0, 0.1) is 0 Å². The maximum absolute atomic E-state index is 10.7. The zero-order valence-electron chi connectivity index (χ0n) is 10.2. The largest absolute Gasteiger partial charge is 0.492 e. The first kappa shape index (κ1) is 12.8. The molecule has 0 aliphatic heterocycles. The average molecular weight is 260 g/mol. The highest BCUT2D eigenvalue weighted by Gasteiger charge is 2.09. The van der Waals surface area contributed by atoms with Gasteiger partial charge in [0.25, 0.3) is 5.89 Å². The molecule has 0 spiro atoms. The Morgan fingerprint density at radius 3 is 2.79 bits per heavy atom. The third-order valence-corrected chi connectivity index (χ3v) is 2.30. The topological polar surface area (TPSA) is 85.5 Å². The number of carboxylic acids is 1. The van der Waals surface area contributed by atoms with Crippen LogP contribution in [-0.4, -0.2) is 21.2 Å². The van der Waals surface area contributed by atoms with Crippen molar-refractivity contribution < 1.29 is 19.2 Å². The van der Waals surface area contributed by atoms with E-state index in [1.807, 2.05) is 6.92 Å². The molecule has 0 saturated carbocycles. The summed E-state index contributed by atoms with van der Waals surface area (Å²) in [6.07, 6.45) is 3.29. The molecule has 0 unspecified atom stereocenters. The van der Waals surface area contributed by atoms with Crippen molar-refractivity contribution in [1.29, 1.82) is 0 Å². The van der Waals surface area contributed by atoms with E-state index in [0.29, 0.717) is 17.3 Å². The molecule has 6 heteroatoms. The molecule has 0 amide bonds. The van der Waals surface area contributed by atoms with Crippen LogP contribution in [0.1, 0.15) is 23.2 Å². The predicted molar refractivity (Wildman–Crippen MR) is 66.3 cm³/mol. The van der Waals surface area contributed by atoms with Gasteiger partial charge in [-0.25, -0.2) is 4.79 Å². The molecule has 1 N–H and O–H groups in total. The fraction of sp³-hybridized carbons (Fsp3) is 0.154. The smallest absolute Gasteiger partial charge is 0.335 e. The first-order valence-corrected chi connectivity index (χ1v) is 5.60. The van der Waals surface area contributed by atoms with Gasteiger partial charge in [0.05, 0.1) is 11.8 Å². The Balaban J connectivity index is 2.11. The van der Waals surface area contributed by atoms with Crippen molar-refractivity contribution in [3.63, 3.8) is 0 Å². The van der Waals surface area contributed by atoms with Gasteiger partial charge < -0.3 is 14.4 Å². The van der Waals surface area contributed by atoms with Gasteiger partial charge >= 0.3 is 5.97 Å². The predicted octanol–water partition coefficient (Wildman–Crippen LogP) is 2.49. The van der Waals surface area contributed by atoms with Crippen molar-refractivity contribution in [2.24, 2.45) is 0 Å². The van der Waals surface area contributed by atoms with Crippen LogP contribution in [0.5, 0.6) is 0 Å². The third kappa shape index (κ3) is 3.19. The number of carbonyl (C=O) groups is 1. The number of hydrogen-bond donors (Lipinski definition) is 1. The number of aromatic carboxylic acids is 1. The lowest BCUT2D eigenvalue weighted by atomic mass is 10.1. The highest BCUT2D eigenvalue weighted by molar-refractivity contribution is 5.88. The van der Waals surface area contributed by atoms with E-state index in [-0.39, 0.29) is 12.2 Å². The summed E-state index contributed by atoms with van der Waals surface area (Å²) >= 11 is 0. The van der Waals surface area contributed by atoms with Gasteiger partial charge in [0.1, 0.15) is 0 Å². The van der Waals surface area contributed by atoms with Gasteiger partial charge in [-0.2, -0.15) is 4.98 Å². The molecule has 1 aromatic carbocycles. The first-order valence-electron chi connectivity index (χ1n) is 5.60. The molecular weight excluding hydrogens is 248 g/mol. The fourth-order valence-electron chi connectivity index (χ4n) is 1.41. The van der Waals surface area contributed by atoms with Crippen molar-refractivity contribution in [1.82, 2.24) is 10.1 Å². The summed E-state index contributed by atoms with van der Waals surface area (Å²) in [5, 5.41) is 12.6. The molecule has 0 aliphatic rings. The number of rotatable bonds is 5. The van der Waals surface area contributed by atoms with Crippen LogP contribution in [0.25, 0.3) is 11.4 Å². The lowest BCUT2D eigenvalue weighted by Crippen LogP contribution is -1.95. The molecule has 0 fully saturated rings. The summed E-state index contributed by atoms with van der Waals surface area (Å²) < 4.78 is 10.1. The van der Waals surface area contributed by atoms with Crippen LogP contribution in [0.15, 0.2) is 41.1 Å². The molecule has 19 heavy (non-hydrogen) atoms. The standard InChI is InChI=1S/C13H12N2O4/c1-2-7-18-8-11-14-12(15-19-11)9-3-5-10(6-4-9)13(16)17/h2-7H,8H2,1H3,(H,16,17)/b7-2-. The molecule has 0 radical (unpaired) electrons. The maximum atomic E-state index is 10.7. The van der Waals surface area contributed by atoms with E-state index < -0.39 is 5.97 Å². The quantitative estimate of drug-likeness (QED) is 0.831. The van der Waals surface area contributed by atoms with E-state index in [1.165, 1.54) is 18.4 Å². The van der Waals surface area contributed by atoms with Gasteiger partial charge in [-0.3, -0.25) is 0 Å². The van der Waals surface area contributed by atoms with E-state index in [9.17, 15) is 4.79 Å². The summed E-state index contributed by atoms with van der Waals surface area (Å²) in [4.78, 5) is 14.9. The Hall–Kier alpha value is -2.63. The summed E-state index contributed by atoms with van der Waals surface area (Å²) in [6, 6.07) is 6.24. The van der Waals surface area contributed by atoms with Crippen molar-refractivity contribution in [3.8, 4) is 11.4 Å². The van der Waals surface area contributed by atoms with Gasteiger partial charge in [0.2, 0.25) is 5.82 Å². The monoisotopic (exact) mass is 260 g/mol. The van der Waals surface area contributed by atoms with Crippen molar-refractivity contribution in [2.75, 3.05) is 0 Å².